The van der Waals surface area contributed by atoms with Crippen LogP contribution in [0.4, 0.5) is 0 Å². The van der Waals surface area contributed by atoms with E-state index in [4.69, 9.17) is 4.74 Å². The Morgan fingerprint density at radius 2 is 2.14 bits per heavy atom. The molecule has 1 N–H and O–H groups in total. The number of hydrogen-bond donors (Lipinski definition) is 1. The Balaban J connectivity index is 3.23. The number of hydrogen-bond acceptors (Lipinski definition) is 4. The molecule has 0 saturated carbocycles. The molecule has 0 aliphatic rings. The van der Waals surface area contributed by atoms with Gasteiger partial charge >= 0.3 is 5.97 Å². The van der Waals surface area contributed by atoms with Crippen LogP contribution in [0.15, 0.2) is 0 Å². The summed E-state index contributed by atoms with van der Waals surface area (Å²) in [5.74, 6) is -0.241. The molecule has 0 radical (unpaired) electrons. The van der Waals surface area contributed by atoms with Gasteiger partial charge < -0.3 is 14.8 Å². The average Bonchev–Trinajstić information content (AvgIpc) is 2.21. The monoisotopic (exact) mass is 267 g/mol. The summed E-state index contributed by atoms with van der Waals surface area (Å²) in [4.78, 5) is 10.7. The molecule has 0 rings (SSSR count). The summed E-state index contributed by atoms with van der Waals surface area (Å²) in [6, 6.07) is 0. The lowest BCUT2D eigenvalue weighted by molar-refractivity contribution is -0.139. The van der Waals surface area contributed by atoms with Gasteiger partial charge in [0.2, 0.25) is 0 Å². The summed E-state index contributed by atoms with van der Waals surface area (Å²) in [7, 11) is 3.08. The number of rotatable bonds is 8. The van der Waals surface area contributed by atoms with E-state index in [2.05, 4.69) is 26.0 Å². The van der Waals surface area contributed by atoms with Gasteiger partial charge in [0.1, 0.15) is 4.83 Å². The Hall–Kier alpha value is -0.130. The first-order valence-electron chi connectivity index (χ1n) is 4.64. The highest BCUT2D eigenvalue weighted by molar-refractivity contribution is 9.10. The molecule has 0 fully saturated rings. The van der Waals surface area contributed by atoms with Gasteiger partial charge in [-0.3, -0.25) is 4.79 Å². The number of nitrogens with one attached hydrogen (secondary N) is 1. The number of unbranched alkanes of at least 4 members (excludes halogenated alkanes) is 1. The van der Waals surface area contributed by atoms with Crippen molar-refractivity contribution >= 4 is 21.9 Å². The smallest absolute Gasteiger partial charge is 0.320 e. The lowest BCUT2D eigenvalue weighted by Gasteiger charge is -2.08. The van der Waals surface area contributed by atoms with Crippen molar-refractivity contribution < 1.29 is 14.3 Å². The minimum Gasteiger partial charge on any atom is -0.468 e. The summed E-state index contributed by atoms with van der Waals surface area (Å²) < 4.78 is 9.48. The number of carbonyl (C=O) groups excluding carboxylic acids is 1. The fraction of sp³-hybridized carbons (Fsp3) is 0.889. The van der Waals surface area contributed by atoms with Crippen LogP contribution in [0.25, 0.3) is 0 Å². The van der Waals surface area contributed by atoms with Gasteiger partial charge in [0, 0.05) is 20.3 Å². The molecule has 0 aliphatic carbocycles. The van der Waals surface area contributed by atoms with Crippen molar-refractivity contribution in [2.24, 2.45) is 0 Å². The number of carbonyl (C=O) groups is 1. The van der Waals surface area contributed by atoms with Gasteiger partial charge in [-0.15, -0.1) is 0 Å². The number of ether oxygens (including phenoxy) is 2. The molecule has 4 nitrogen and oxygen atoms in total. The molecule has 0 bridgehead atoms. The van der Waals surface area contributed by atoms with E-state index in [0.717, 1.165) is 26.0 Å². The standard InChI is InChI=1S/C9H18BrNO3/c1-13-6-4-3-5-11-7-8(10)9(12)14-2/h8,11H,3-7H2,1-2H3. The van der Waals surface area contributed by atoms with Gasteiger partial charge in [-0.1, -0.05) is 15.9 Å². The molecule has 84 valence electrons. The molecule has 0 aromatic heterocycles. The van der Waals surface area contributed by atoms with Crippen molar-refractivity contribution in [3.63, 3.8) is 0 Å². The minimum absolute atomic E-state index is 0.241. The van der Waals surface area contributed by atoms with Crippen LogP contribution in [-0.2, 0) is 14.3 Å². The largest absolute Gasteiger partial charge is 0.468 e. The van der Waals surface area contributed by atoms with Crippen LogP contribution in [0, 0.1) is 0 Å². The van der Waals surface area contributed by atoms with Gasteiger partial charge in [0.05, 0.1) is 7.11 Å². The van der Waals surface area contributed by atoms with Crippen molar-refractivity contribution in [3.8, 4) is 0 Å². The molecule has 14 heavy (non-hydrogen) atoms. The van der Waals surface area contributed by atoms with Crippen molar-refractivity contribution in [2.45, 2.75) is 17.7 Å². The van der Waals surface area contributed by atoms with Crippen molar-refractivity contribution in [3.05, 3.63) is 0 Å². The third-order valence-corrected chi connectivity index (χ3v) is 2.43. The zero-order valence-corrected chi connectivity index (χ0v) is 10.3. The molecule has 0 saturated heterocycles. The normalized spacial score (nSPS) is 12.5. The number of alkyl halides is 1. The quantitative estimate of drug-likeness (QED) is 0.404. The molecule has 0 aromatic carbocycles. The molecule has 0 heterocycles. The predicted octanol–water partition coefficient (Wildman–Crippen LogP) is 0.939. The van der Waals surface area contributed by atoms with E-state index in [0.29, 0.717) is 6.54 Å². The fourth-order valence-electron chi connectivity index (χ4n) is 0.936. The SMILES string of the molecule is COCCCCNCC(Br)C(=O)OC. The van der Waals surface area contributed by atoms with E-state index in [1.165, 1.54) is 7.11 Å². The lowest BCUT2D eigenvalue weighted by atomic mass is 10.3. The Morgan fingerprint density at radius 1 is 1.43 bits per heavy atom. The molecule has 0 aromatic rings. The molecule has 0 aliphatic heterocycles. The van der Waals surface area contributed by atoms with Crippen LogP contribution in [0.2, 0.25) is 0 Å². The van der Waals surface area contributed by atoms with Crippen LogP contribution in [0.3, 0.4) is 0 Å². The first-order chi connectivity index (χ1) is 6.72. The molecule has 1 atom stereocenters. The molecular formula is C9H18BrNO3. The number of esters is 1. The minimum atomic E-state index is -0.255. The second-order valence-corrected chi connectivity index (χ2v) is 4.00. The predicted molar refractivity (Wildman–Crippen MR) is 58.7 cm³/mol. The third kappa shape index (κ3) is 7.29. The van der Waals surface area contributed by atoms with Crippen molar-refractivity contribution in [1.29, 1.82) is 0 Å². The zero-order valence-electron chi connectivity index (χ0n) is 8.72. The molecule has 0 spiro atoms. The van der Waals surface area contributed by atoms with Gasteiger partial charge in [0.15, 0.2) is 0 Å². The summed E-state index contributed by atoms with van der Waals surface area (Å²) in [5.41, 5.74) is 0. The highest BCUT2D eigenvalue weighted by atomic mass is 79.9. The second-order valence-electron chi connectivity index (χ2n) is 2.89. The summed E-state index contributed by atoms with van der Waals surface area (Å²) >= 11 is 3.22. The first kappa shape index (κ1) is 13.9. The van der Waals surface area contributed by atoms with Crippen LogP contribution in [0.5, 0.6) is 0 Å². The van der Waals surface area contributed by atoms with E-state index >= 15 is 0 Å². The number of methoxy groups -OCH3 is 2. The fourth-order valence-corrected chi connectivity index (χ4v) is 1.35. The maximum absolute atomic E-state index is 10.9. The van der Waals surface area contributed by atoms with Gasteiger partial charge in [-0.2, -0.15) is 0 Å². The Labute approximate surface area is 93.5 Å². The van der Waals surface area contributed by atoms with Crippen molar-refractivity contribution in [1.82, 2.24) is 5.32 Å². The van der Waals surface area contributed by atoms with E-state index in [1.54, 1.807) is 7.11 Å². The average molecular weight is 268 g/mol. The van der Waals surface area contributed by atoms with Crippen LogP contribution in [0.1, 0.15) is 12.8 Å². The van der Waals surface area contributed by atoms with E-state index < -0.39 is 0 Å². The van der Waals surface area contributed by atoms with Crippen LogP contribution < -0.4 is 5.32 Å². The summed E-state index contributed by atoms with van der Waals surface area (Å²) in [6.07, 6.45) is 2.09. The first-order valence-corrected chi connectivity index (χ1v) is 5.55. The molecule has 1 unspecified atom stereocenters. The molecular weight excluding hydrogens is 250 g/mol. The van der Waals surface area contributed by atoms with Gasteiger partial charge in [-0.25, -0.2) is 0 Å². The van der Waals surface area contributed by atoms with Crippen LogP contribution >= 0.6 is 15.9 Å². The zero-order chi connectivity index (χ0) is 10.8. The molecule has 5 heteroatoms. The summed E-state index contributed by atoms with van der Waals surface area (Å²) in [6.45, 7) is 2.28. The van der Waals surface area contributed by atoms with Gasteiger partial charge in [-0.05, 0) is 19.4 Å². The third-order valence-electron chi connectivity index (χ3n) is 1.73. The maximum Gasteiger partial charge on any atom is 0.320 e. The number of halogens is 1. The van der Waals surface area contributed by atoms with Crippen LogP contribution in [-0.4, -0.2) is 44.7 Å². The van der Waals surface area contributed by atoms with E-state index in [-0.39, 0.29) is 10.8 Å². The Bertz CT molecular complexity index is 155. The second kappa shape index (κ2) is 9.43. The Morgan fingerprint density at radius 3 is 2.71 bits per heavy atom. The molecule has 0 amide bonds. The topological polar surface area (TPSA) is 47.6 Å². The van der Waals surface area contributed by atoms with Gasteiger partial charge in [0.25, 0.3) is 0 Å². The summed E-state index contributed by atoms with van der Waals surface area (Å²) in [5, 5.41) is 3.16. The van der Waals surface area contributed by atoms with E-state index in [1.807, 2.05) is 0 Å². The lowest BCUT2D eigenvalue weighted by Crippen LogP contribution is -2.30. The Kier molecular flexibility index (Phi) is 9.34. The maximum atomic E-state index is 10.9. The highest BCUT2D eigenvalue weighted by Crippen LogP contribution is 1.99. The highest BCUT2D eigenvalue weighted by Gasteiger charge is 2.13. The van der Waals surface area contributed by atoms with E-state index in [9.17, 15) is 4.79 Å². The van der Waals surface area contributed by atoms with Crippen molar-refractivity contribution in [2.75, 3.05) is 33.9 Å².